The maximum absolute atomic E-state index is 13.6. The van der Waals surface area contributed by atoms with Gasteiger partial charge in [0.25, 0.3) is 5.91 Å². The van der Waals surface area contributed by atoms with Crippen molar-refractivity contribution in [3.8, 4) is 0 Å². The Morgan fingerprint density at radius 1 is 1.38 bits per heavy atom. The molecule has 1 amide bonds. The summed E-state index contributed by atoms with van der Waals surface area (Å²) in [6.07, 6.45) is 3.87. The smallest absolute Gasteiger partial charge is 0.259 e. The molecule has 1 fully saturated rings. The van der Waals surface area contributed by atoms with Gasteiger partial charge < -0.3 is 5.32 Å². The van der Waals surface area contributed by atoms with Crippen molar-refractivity contribution in [1.29, 1.82) is 0 Å². The molecular weight excluding hydrogens is 276 g/mol. The van der Waals surface area contributed by atoms with E-state index in [0.717, 1.165) is 31.0 Å². The molecule has 3 rings (SSSR count). The average Bonchev–Trinajstić information content (AvgIpc) is 3.21. The highest BCUT2D eigenvalue weighted by molar-refractivity contribution is 6.04. The second-order valence-electron chi connectivity index (χ2n) is 5.32. The molecule has 0 aliphatic heterocycles. The number of carbonyl (C=O) groups excluding carboxylic acids is 1. The summed E-state index contributed by atoms with van der Waals surface area (Å²) in [7, 11) is 0. The van der Waals surface area contributed by atoms with Crippen LogP contribution in [-0.2, 0) is 0 Å². The van der Waals surface area contributed by atoms with Crippen LogP contribution < -0.4 is 5.32 Å². The highest BCUT2D eigenvalue weighted by Crippen LogP contribution is 2.40. The summed E-state index contributed by atoms with van der Waals surface area (Å²) in [6.45, 7) is 2.03. The molecule has 1 aromatic carbocycles. The zero-order chi connectivity index (χ0) is 15.0. The zero-order valence-electron chi connectivity index (χ0n) is 11.5. The van der Waals surface area contributed by atoms with Gasteiger partial charge in [-0.15, -0.1) is 0 Å². The molecule has 1 unspecified atom stereocenters. The highest BCUT2D eigenvalue weighted by Gasteiger charge is 2.31. The predicted molar refractivity (Wildman–Crippen MR) is 74.0 cm³/mol. The van der Waals surface area contributed by atoms with Crippen LogP contribution in [0.3, 0.4) is 0 Å². The average molecular weight is 291 g/mol. The van der Waals surface area contributed by atoms with Crippen LogP contribution in [0.15, 0.2) is 30.5 Å². The lowest BCUT2D eigenvalue weighted by molar-refractivity contribution is 0.102. The van der Waals surface area contributed by atoms with Crippen molar-refractivity contribution in [1.82, 2.24) is 9.78 Å². The molecule has 1 heterocycles. The van der Waals surface area contributed by atoms with Crippen LogP contribution in [0, 0.1) is 17.6 Å². The largest absolute Gasteiger partial charge is 0.307 e. The van der Waals surface area contributed by atoms with Crippen LogP contribution in [-0.4, -0.2) is 15.7 Å². The minimum absolute atomic E-state index is 0.174. The number of aromatic nitrogens is 2. The summed E-state index contributed by atoms with van der Waals surface area (Å²) >= 11 is 0. The summed E-state index contributed by atoms with van der Waals surface area (Å²) in [6, 6.07) is 4.62. The van der Waals surface area contributed by atoms with E-state index < -0.39 is 17.5 Å². The van der Waals surface area contributed by atoms with Crippen molar-refractivity contribution in [3.63, 3.8) is 0 Å². The topological polar surface area (TPSA) is 46.9 Å². The maximum atomic E-state index is 13.6. The Bertz CT molecular complexity index is 679. The molecule has 1 atom stereocenters. The SMILES string of the molecule is CC(C1CC1)n1nccc1NC(=O)c1cc(F)ccc1F. The van der Waals surface area contributed by atoms with Gasteiger partial charge in [0.2, 0.25) is 0 Å². The molecule has 1 aliphatic rings. The van der Waals surface area contributed by atoms with Gasteiger partial charge in [0.15, 0.2) is 0 Å². The fourth-order valence-electron chi connectivity index (χ4n) is 2.37. The standard InChI is InChI=1S/C15H15F2N3O/c1-9(10-2-3-10)20-14(6-7-18-20)19-15(21)12-8-11(16)4-5-13(12)17/h4-10H,2-3H2,1H3,(H,19,21). The molecule has 6 heteroatoms. The Balaban J connectivity index is 1.82. The number of benzene rings is 1. The molecule has 1 saturated carbocycles. The number of amides is 1. The molecule has 0 bridgehead atoms. The van der Waals surface area contributed by atoms with Crippen LogP contribution in [0.5, 0.6) is 0 Å². The molecule has 4 nitrogen and oxygen atoms in total. The lowest BCUT2D eigenvalue weighted by Gasteiger charge is -2.15. The fraction of sp³-hybridized carbons (Fsp3) is 0.333. The monoisotopic (exact) mass is 291 g/mol. The van der Waals surface area contributed by atoms with Gasteiger partial charge in [-0.05, 0) is 43.9 Å². The van der Waals surface area contributed by atoms with Gasteiger partial charge in [0.05, 0.1) is 17.8 Å². The molecule has 0 saturated heterocycles. The van der Waals surface area contributed by atoms with Crippen molar-refractivity contribution in [3.05, 3.63) is 47.7 Å². The summed E-state index contributed by atoms with van der Waals surface area (Å²) in [5.41, 5.74) is -0.318. The second kappa shape index (κ2) is 5.27. The summed E-state index contributed by atoms with van der Waals surface area (Å²) < 4.78 is 28.5. The maximum Gasteiger partial charge on any atom is 0.259 e. The third kappa shape index (κ3) is 2.79. The minimum atomic E-state index is -0.754. The van der Waals surface area contributed by atoms with E-state index >= 15 is 0 Å². The van der Waals surface area contributed by atoms with E-state index in [-0.39, 0.29) is 11.6 Å². The summed E-state index contributed by atoms with van der Waals surface area (Å²) in [5.74, 6) is -1.04. The lowest BCUT2D eigenvalue weighted by Crippen LogP contribution is -2.19. The normalized spacial score (nSPS) is 15.8. The number of rotatable bonds is 4. The molecule has 21 heavy (non-hydrogen) atoms. The van der Waals surface area contributed by atoms with Crippen molar-refractivity contribution in [2.45, 2.75) is 25.8 Å². The van der Waals surface area contributed by atoms with E-state index in [2.05, 4.69) is 10.4 Å². The highest BCUT2D eigenvalue weighted by atomic mass is 19.1. The molecular formula is C15H15F2N3O. The Labute approximate surface area is 120 Å². The number of halogens is 2. The van der Waals surface area contributed by atoms with E-state index in [1.165, 1.54) is 0 Å². The zero-order valence-corrected chi connectivity index (χ0v) is 11.5. The van der Waals surface area contributed by atoms with E-state index in [1.807, 2.05) is 6.92 Å². The van der Waals surface area contributed by atoms with E-state index in [1.54, 1.807) is 16.9 Å². The van der Waals surface area contributed by atoms with Gasteiger partial charge in [-0.3, -0.25) is 4.79 Å². The third-order valence-electron chi connectivity index (χ3n) is 3.77. The molecule has 1 aromatic heterocycles. The van der Waals surface area contributed by atoms with Gasteiger partial charge in [0.1, 0.15) is 17.5 Å². The first-order valence-corrected chi connectivity index (χ1v) is 6.86. The van der Waals surface area contributed by atoms with Gasteiger partial charge in [-0.25, -0.2) is 13.5 Å². The van der Waals surface area contributed by atoms with Gasteiger partial charge >= 0.3 is 0 Å². The molecule has 1 N–H and O–H groups in total. The number of nitrogens with one attached hydrogen (secondary N) is 1. The van der Waals surface area contributed by atoms with Crippen molar-refractivity contribution < 1.29 is 13.6 Å². The number of hydrogen-bond acceptors (Lipinski definition) is 2. The summed E-state index contributed by atoms with van der Waals surface area (Å²) in [4.78, 5) is 12.1. The Morgan fingerprint density at radius 2 is 2.14 bits per heavy atom. The van der Waals surface area contributed by atoms with Crippen molar-refractivity contribution >= 4 is 11.7 Å². The minimum Gasteiger partial charge on any atom is -0.307 e. The number of anilines is 1. The third-order valence-corrected chi connectivity index (χ3v) is 3.77. The predicted octanol–water partition coefficient (Wildman–Crippen LogP) is 3.38. The number of carbonyl (C=O) groups is 1. The van der Waals surface area contributed by atoms with Crippen LogP contribution >= 0.6 is 0 Å². The Hall–Kier alpha value is -2.24. The molecule has 0 spiro atoms. The Kier molecular flexibility index (Phi) is 3.45. The molecule has 1 aliphatic carbocycles. The fourth-order valence-corrected chi connectivity index (χ4v) is 2.37. The van der Waals surface area contributed by atoms with E-state index in [4.69, 9.17) is 0 Å². The van der Waals surface area contributed by atoms with Crippen LogP contribution in [0.4, 0.5) is 14.6 Å². The molecule has 110 valence electrons. The Morgan fingerprint density at radius 3 is 2.86 bits per heavy atom. The lowest BCUT2D eigenvalue weighted by atomic mass is 10.2. The van der Waals surface area contributed by atoms with E-state index in [0.29, 0.717) is 11.7 Å². The van der Waals surface area contributed by atoms with Crippen LogP contribution in [0.25, 0.3) is 0 Å². The second-order valence-corrected chi connectivity index (χ2v) is 5.32. The summed E-state index contributed by atoms with van der Waals surface area (Å²) in [5, 5.41) is 6.79. The molecule has 2 aromatic rings. The first-order chi connectivity index (χ1) is 10.1. The van der Waals surface area contributed by atoms with E-state index in [9.17, 15) is 13.6 Å². The molecule has 0 radical (unpaired) electrons. The van der Waals surface area contributed by atoms with Crippen molar-refractivity contribution in [2.24, 2.45) is 5.92 Å². The van der Waals surface area contributed by atoms with Gasteiger partial charge in [-0.2, -0.15) is 5.10 Å². The number of hydrogen-bond donors (Lipinski definition) is 1. The quantitative estimate of drug-likeness (QED) is 0.938. The first-order valence-electron chi connectivity index (χ1n) is 6.86. The van der Waals surface area contributed by atoms with Gasteiger partial charge in [0, 0.05) is 6.07 Å². The first kappa shape index (κ1) is 13.7. The van der Waals surface area contributed by atoms with Crippen LogP contribution in [0.2, 0.25) is 0 Å². The van der Waals surface area contributed by atoms with Crippen LogP contribution in [0.1, 0.15) is 36.2 Å². The van der Waals surface area contributed by atoms with Gasteiger partial charge in [-0.1, -0.05) is 0 Å². The number of nitrogens with zero attached hydrogens (tertiary/aromatic N) is 2. The van der Waals surface area contributed by atoms with Crippen molar-refractivity contribution in [2.75, 3.05) is 5.32 Å².